The minimum absolute atomic E-state index is 0.302. The zero-order valence-corrected chi connectivity index (χ0v) is 13.6. The number of rotatable bonds is 5. The summed E-state index contributed by atoms with van der Waals surface area (Å²) in [7, 11) is 1.86. The summed E-state index contributed by atoms with van der Waals surface area (Å²) in [5.74, 6) is -0.302. The Kier molecular flexibility index (Phi) is 6.47. The fourth-order valence-corrected chi connectivity index (χ4v) is 2.99. The summed E-state index contributed by atoms with van der Waals surface area (Å²) >= 11 is 5.04. The van der Waals surface area contributed by atoms with E-state index in [1.165, 1.54) is 0 Å². The summed E-state index contributed by atoms with van der Waals surface area (Å²) in [5.41, 5.74) is 0. The number of nitrogens with zero attached hydrogens (tertiary/aromatic N) is 1. The van der Waals surface area contributed by atoms with Gasteiger partial charge in [0.2, 0.25) is 5.91 Å². The Morgan fingerprint density at radius 2 is 2.16 bits per heavy atom. The van der Waals surface area contributed by atoms with E-state index >= 15 is 0 Å². The van der Waals surface area contributed by atoms with Gasteiger partial charge in [-0.15, -0.1) is 11.3 Å². The lowest BCUT2D eigenvalue weighted by Gasteiger charge is -2.22. The van der Waals surface area contributed by atoms with Crippen LogP contribution in [-0.4, -0.2) is 36.5 Å². The number of urea groups is 1. The Morgan fingerprint density at radius 1 is 1.47 bits per heavy atom. The zero-order chi connectivity index (χ0) is 14.4. The van der Waals surface area contributed by atoms with Crippen LogP contribution in [-0.2, 0) is 11.3 Å². The molecule has 1 unspecified atom stereocenters. The highest BCUT2D eigenvalue weighted by Gasteiger charge is 2.20. The first-order valence-electron chi connectivity index (χ1n) is 5.97. The van der Waals surface area contributed by atoms with Gasteiger partial charge >= 0.3 is 6.03 Å². The van der Waals surface area contributed by atoms with Crippen LogP contribution in [0, 0.1) is 0 Å². The lowest BCUT2D eigenvalue weighted by Crippen LogP contribution is -2.48. The second kappa shape index (κ2) is 7.62. The minimum Gasteiger partial charge on any atom is -0.338 e. The predicted octanol–water partition coefficient (Wildman–Crippen LogP) is 2.18. The maximum absolute atomic E-state index is 11.8. The molecule has 0 aromatic carbocycles. The third-order valence-electron chi connectivity index (χ3n) is 2.65. The molecule has 0 bridgehead atoms. The van der Waals surface area contributed by atoms with Crippen LogP contribution in [0.2, 0.25) is 0 Å². The van der Waals surface area contributed by atoms with Crippen LogP contribution in [0.4, 0.5) is 4.79 Å². The van der Waals surface area contributed by atoms with Crippen molar-refractivity contribution in [1.29, 1.82) is 0 Å². The van der Waals surface area contributed by atoms with Crippen LogP contribution in [0.3, 0.4) is 0 Å². The molecule has 1 heterocycles. The van der Waals surface area contributed by atoms with E-state index in [4.69, 9.17) is 0 Å². The number of hydrogen-bond acceptors (Lipinski definition) is 4. The van der Waals surface area contributed by atoms with E-state index in [2.05, 4.69) is 26.6 Å². The number of amides is 3. The molecule has 7 heteroatoms. The first kappa shape index (κ1) is 16.1. The van der Waals surface area contributed by atoms with Gasteiger partial charge < -0.3 is 5.32 Å². The molecule has 0 spiro atoms. The Labute approximate surface area is 125 Å². The number of halogens is 1. The van der Waals surface area contributed by atoms with Gasteiger partial charge in [-0.05, 0) is 49.0 Å². The molecule has 1 aromatic heterocycles. The number of hydrogen-bond donors (Lipinski definition) is 2. The molecular weight excluding hydrogens is 330 g/mol. The molecule has 106 valence electrons. The molecule has 2 N–H and O–H groups in total. The Morgan fingerprint density at radius 3 is 2.68 bits per heavy atom. The molecule has 1 aromatic rings. The highest BCUT2D eigenvalue weighted by Crippen LogP contribution is 2.23. The number of likely N-dealkylation sites (N-methyl/N-ethyl adjacent to an activating group) is 1. The SMILES string of the molecule is CCNC(=O)NC(=O)C(C)N(C)Cc1ccc(Br)s1. The van der Waals surface area contributed by atoms with Crippen molar-refractivity contribution in [3.8, 4) is 0 Å². The number of nitrogens with one attached hydrogen (secondary N) is 2. The standard InChI is InChI=1S/C12H18BrN3O2S/c1-4-14-12(18)15-11(17)8(2)16(3)7-9-5-6-10(13)19-9/h5-6,8H,4,7H2,1-3H3,(H2,14,15,17,18). The van der Waals surface area contributed by atoms with Gasteiger partial charge in [-0.2, -0.15) is 0 Å². The lowest BCUT2D eigenvalue weighted by atomic mass is 10.2. The van der Waals surface area contributed by atoms with E-state index < -0.39 is 6.03 Å². The molecule has 0 radical (unpaired) electrons. The van der Waals surface area contributed by atoms with Crippen LogP contribution in [0.25, 0.3) is 0 Å². The molecule has 1 atom stereocenters. The van der Waals surface area contributed by atoms with Crippen LogP contribution in [0.15, 0.2) is 15.9 Å². The summed E-state index contributed by atoms with van der Waals surface area (Å²) in [6, 6.07) is 3.17. The average molecular weight is 348 g/mol. The number of carbonyl (C=O) groups is 2. The molecule has 0 aliphatic rings. The molecule has 0 saturated carbocycles. The molecule has 5 nitrogen and oxygen atoms in total. The van der Waals surface area contributed by atoms with E-state index in [0.29, 0.717) is 13.1 Å². The third-order valence-corrected chi connectivity index (χ3v) is 4.26. The third kappa shape index (κ3) is 5.30. The second-order valence-corrected chi connectivity index (χ2v) is 6.69. The monoisotopic (exact) mass is 347 g/mol. The van der Waals surface area contributed by atoms with Gasteiger partial charge in [-0.25, -0.2) is 4.79 Å². The maximum atomic E-state index is 11.8. The molecule has 0 aliphatic carbocycles. The molecule has 0 saturated heterocycles. The Balaban J connectivity index is 2.49. The molecule has 0 fully saturated rings. The fraction of sp³-hybridized carbons (Fsp3) is 0.500. The fourth-order valence-electron chi connectivity index (χ4n) is 1.44. The minimum atomic E-state index is -0.452. The zero-order valence-electron chi connectivity index (χ0n) is 11.2. The number of thiophene rings is 1. The first-order chi connectivity index (χ1) is 8.93. The van der Waals surface area contributed by atoms with Crippen molar-refractivity contribution in [2.75, 3.05) is 13.6 Å². The second-order valence-electron chi connectivity index (χ2n) is 4.15. The van der Waals surface area contributed by atoms with Gasteiger partial charge in [0.05, 0.1) is 9.83 Å². The topological polar surface area (TPSA) is 61.4 Å². The van der Waals surface area contributed by atoms with E-state index in [-0.39, 0.29) is 11.9 Å². The van der Waals surface area contributed by atoms with E-state index in [1.54, 1.807) is 25.2 Å². The molecular formula is C12H18BrN3O2S. The van der Waals surface area contributed by atoms with Crippen LogP contribution >= 0.6 is 27.3 Å². The summed E-state index contributed by atoms with van der Waals surface area (Å²) < 4.78 is 1.07. The average Bonchev–Trinajstić information content (AvgIpc) is 2.73. The maximum Gasteiger partial charge on any atom is 0.321 e. The highest BCUT2D eigenvalue weighted by molar-refractivity contribution is 9.11. The molecule has 1 rings (SSSR count). The lowest BCUT2D eigenvalue weighted by molar-refractivity contribution is -0.124. The Hall–Kier alpha value is -0.920. The van der Waals surface area contributed by atoms with Crippen molar-refractivity contribution in [3.63, 3.8) is 0 Å². The summed E-state index contributed by atoms with van der Waals surface area (Å²) in [6.45, 7) is 4.73. The van der Waals surface area contributed by atoms with Crippen molar-refractivity contribution in [2.24, 2.45) is 0 Å². The van der Waals surface area contributed by atoms with Gasteiger partial charge in [-0.1, -0.05) is 0 Å². The first-order valence-corrected chi connectivity index (χ1v) is 7.58. The van der Waals surface area contributed by atoms with Crippen molar-refractivity contribution >= 4 is 39.2 Å². The highest BCUT2D eigenvalue weighted by atomic mass is 79.9. The van der Waals surface area contributed by atoms with E-state index in [1.807, 2.05) is 24.1 Å². The van der Waals surface area contributed by atoms with Gasteiger partial charge in [0.25, 0.3) is 0 Å². The summed E-state index contributed by atoms with van der Waals surface area (Å²) in [5, 5.41) is 4.85. The van der Waals surface area contributed by atoms with Crippen molar-refractivity contribution in [1.82, 2.24) is 15.5 Å². The summed E-state index contributed by atoms with van der Waals surface area (Å²) in [4.78, 5) is 26.2. The largest absolute Gasteiger partial charge is 0.338 e. The van der Waals surface area contributed by atoms with Crippen molar-refractivity contribution in [3.05, 3.63) is 20.8 Å². The van der Waals surface area contributed by atoms with Gasteiger partial charge in [0, 0.05) is 18.0 Å². The quantitative estimate of drug-likeness (QED) is 0.857. The van der Waals surface area contributed by atoms with E-state index in [9.17, 15) is 9.59 Å². The van der Waals surface area contributed by atoms with Gasteiger partial charge in [-0.3, -0.25) is 15.0 Å². The smallest absolute Gasteiger partial charge is 0.321 e. The van der Waals surface area contributed by atoms with Gasteiger partial charge in [0.15, 0.2) is 0 Å². The van der Waals surface area contributed by atoms with Crippen molar-refractivity contribution < 1.29 is 9.59 Å². The Bertz CT molecular complexity index is 450. The van der Waals surface area contributed by atoms with E-state index in [0.717, 1.165) is 8.66 Å². The number of carbonyl (C=O) groups excluding carboxylic acids is 2. The summed E-state index contributed by atoms with van der Waals surface area (Å²) in [6.07, 6.45) is 0. The number of imide groups is 1. The normalized spacial score (nSPS) is 12.3. The molecule has 0 aliphatic heterocycles. The van der Waals surface area contributed by atoms with Gasteiger partial charge in [0.1, 0.15) is 0 Å². The van der Waals surface area contributed by atoms with Crippen LogP contribution < -0.4 is 10.6 Å². The molecule has 19 heavy (non-hydrogen) atoms. The predicted molar refractivity (Wildman–Crippen MR) is 80.2 cm³/mol. The van der Waals surface area contributed by atoms with Crippen LogP contribution in [0.5, 0.6) is 0 Å². The molecule has 3 amide bonds. The van der Waals surface area contributed by atoms with Crippen LogP contribution in [0.1, 0.15) is 18.7 Å². The van der Waals surface area contributed by atoms with Crippen molar-refractivity contribution in [2.45, 2.75) is 26.4 Å².